The monoisotopic (exact) mass is 228 g/mol. The largest absolute Gasteiger partial charge is 0.497 e. The van der Waals surface area contributed by atoms with Crippen molar-refractivity contribution in [3.63, 3.8) is 0 Å². The van der Waals surface area contributed by atoms with Crippen molar-refractivity contribution >= 4 is 5.97 Å². The normalized spacial score (nSPS) is 36.1. The van der Waals surface area contributed by atoms with Crippen LogP contribution in [0.5, 0.6) is 0 Å². The third kappa shape index (κ3) is 2.36. The molecule has 2 aliphatic rings. The molecule has 0 bridgehead atoms. The first-order chi connectivity index (χ1) is 7.48. The van der Waals surface area contributed by atoms with Gasteiger partial charge in [0.05, 0.1) is 6.26 Å². The first kappa shape index (κ1) is 11.4. The fraction of sp³-hybridized carbons (Fsp3) is 0.727. The van der Waals surface area contributed by atoms with Crippen LogP contribution in [0.25, 0.3) is 0 Å². The highest BCUT2D eigenvalue weighted by molar-refractivity contribution is 5.66. The Labute approximate surface area is 94.3 Å². The minimum absolute atomic E-state index is 0.234. The minimum atomic E-state index is -0.657. The number of ether oxygens (including phenoxy) is 4. The first-order valence-electron chi connectivity index (χ1n) is 5.29. The Hall–Kier alpha value is -1.07. The van der Waals surface area contributed by atoms with E-state index in [9.17, 15) is 4.79 Å². The van der Waals surface area contributed by atoms with Gasteiger partial charge in [-0.05, 0) is 19.9 Å². The van der Waals surface area contributed by atoms with Gasteiger partial charge in [0.1, 0.15) is 18.8 Å². The maximum absolute atomic E-state index is 11.0. The Kier molecular flexibility index (Phi) is 2.90. The van der Waals surface area contributed by atoms with Gasteiger partial charge in [-0.2, -0.15) is 0 Å². The van der Waals surface area contributed by atoms with Crippen LogP contribution in [0.3, 0.4) is 0 Å². The Morgan fingerprint density at radius 2 is 2.19 bits per heavy atom. The lowest BCUT2D eigenvalue weighted by molar-refractivity contribution is -0.173. The summed E-state index contributed by atoms with van der Waals surface area (Å²) in [7, 11) is 0. The molecule has 0 spiro atoms. The predicted octanol–water partition coefficient (Wildman–Crippen LogP) is 0.982. The third-order valence-corrected chi connectivity index (χ3v) is 2.47. The van der Waals surface area contributed by atoms with Gasteiger partial charge >= 0.3 is 5.97 Å². The van der Waals surface area contributed by atoms with Crippen LogP contribution >= 0.6 is 0 Å². The van der Waals surface area contributed by atoms with Crippen molar-refractivity contribution in [3.8, 4) is 0 Å². The summed E-state index contributed by atoms with van der Waals surface area (Å²) in [6.07, 6.45) is 2.37. The summed E-state index contributed by atoms with van der Waals surface area (Å²) in [6, 6.07) is 0. The zero-order chi connectivity index (χ0) is 11.8. The molecule has 2 heterocycles. The molecule has 90 valence electrons. The van der Waals surface area contributed by atoms with Gasteiger partial charge in [-0.3, -0.25) is 4.79 Å². The zero-order valence-corrected chi connectivity index (χ0v) is 9.64. The highest BCUT2D eigenvalue weighted by Gasteiger charge is 2.46. The average molecular weight is 228 g/mol. The molecule has 2 aliphatic heterocycles. The van der Waals surface area contributed by atoms with Crippen LogP contribution in [0.1, 0.15) is 20.8 Å². The lowest BCUT2D eigenvalue weighted by Crippen LogP contribution is -2.39. The summed E-state index contributed by atoms with van der Waals surface area (Å²) in [6.45, 7) is 5.33. The molecule has 5 nitrogen and oxygen atoms in total. The van der Waals surface area contributed by atoms with Crippen molar-refractivity contribution in [1.29, 1.82) is 0 Å². The number of carbonyl (C=O) groups excluding carboxylic acids is 1. The molecule has 0 amide bonds. The molecule has 0 N–H and O–H groups in total. The molecule has 0 aromatic carbocycles. The molecular formula is C11H16O5. The quantitative estimate of drug-likeness (QED) is 0.626. The maximum Gasteiger partial charge on any atom is 0.303 e. The highest BCUT2D eigenvalue weighted by Crippen LogP contribution is 2.32. The second-order valence-corrected chi connectivity index (χ2v) is 4.37. The van der Waals surface area contributed by atoms with Gasteiger partial charge in [0.2, 0.25) is 0 Å². The summed E-state index contributed by atoms with van der Waals surface area (Å²) >= 11 is 0. The lowest BCUT2D eigenvalue weighted by atomic mass is 10.1. The summed E-state index contributed by atoms with van der Waals surface area (Å²) in [4.78, 5) is 11.0. The predicted molar refractivity (Wildman–Crippen MR) is 54.5 cm³/mol. The topological polar surface area (TPSA) is 54.0 Å². The number of hydrogen-bond acceptors (Lipinski definition) is 5. The molecule has 16 heavy (non-hydrogen) atoms. The summed E-state index contributed by atoms with van der Waals surface area (Å²) in [5.41, 5.74) is 0. The molecule has 0 saturated carbocycles. The molecule has 0 unspecified atom stereocenters. The number of hydrogen-bond donors (Lipinski definition) is 0. The average Bonchev–Trinajstić information content (AvgIpc) is 2.36. The Bertz CT molecular complexity index is 309. The molecule has 0 aromatic rings. The van der Waals surface area contributed by atoms with E-state index < -0.39 is 11.9 Å². The summed E-state index contributed by atoms with van der Waals surface area (Å²) in [5, 5.41) is 0. The maximum atomic E-state index is 11.0. The van der Waals surface area contributed by atoms with Gasteiger partial charge in [0.15, 0.2) is 11.9 Å². The van der Waals surface area contributed by atoms with E-state index in [-0.39, 0.29) is 24.8 Å². The standard InChI is InChI=1S/C11H16O5/c1-7(12)14-9-6-13-5-4-8-10(9)16-11(2,3)15-8/h4-5,8-10H,6H2,1-3H3/t8-,9-,10+/m1/s1. The molecule has 0 aliphatic carbocycles. The Morgan fingerprint density at radius 3 is 2.88 bits per heavy atom. The van der Waals surface area contributed by atoms with E-state index >= 15 is 0 Å². The minimum Gasteiger partial charge on any atom is -0.497 e. The number of esters is 1. The molecule has 1 fully saturated rings. The van der Waals surface area contributed by atoms with Crippen LogP contribution in [-0.2, 0) is 23.7 Å². The van der Waals surface area contributed by atoms with Crippen LogP contribution in [0.4, 0.5) is 0 Å². The summed E-state index contributed by atoms with van der Waals surface area (Å²) in [5.74, 6) is -1.00. The van der Waals surface area contributed by atoms with Crippen molar-refractivity contribution in [2.24, 2.45) is 0 Å². The number of fused-ring (bicyclic) bond motifs is 1. The second-order valence-electron chi connectivity index (χ2n) is 4.37. The second kappa shape index (κ2) is 4.07. The van der Waals surface area contributed by atoms with E-state index in [4.69, 9.17) is 18.9 Å². The number of rotatable bonds is 1. The van der Waals surface area contributed by atoms with Gasteiger partial charge in [0, 0.05) is 6.92 Å². The molecule has 0 aromatic heterocycles. The van der Waals surface area contributed by atoms with Gasteiger partial charge in [0.25, 0.3) is 0 Å². The van der Waals surface area contributed by atoms with Crippen molar-refractivity contribution in [1.82, 2.24) is 0 Å². The number of carbonyl (C=O) groups is 1. The van der Waals surface area contributed by atoms with Crippen molar-refractivity contribution in [2.45, 2.75) is 44.9 Å². The summed E-state index contributed by atoms with van der Waals surface area (Å²) < 4.78 is 21.7. The van der Waals surface area contributed by atoms with Gasteiger partial charge < -0.3 is 18.9 Å². The lowest BCUT2D eigenvalue weighted by Gasteiger charge is -2.23. The fourth-order valence-electron chi connectivity index (χ4n) is 1.95. The van der Waals surface area contributed by atoms with Crippen LogP contribution in [0.2, 0.25) is 0 Å². The molecule has 0 radical (unpaired) electrons. The Morgan fingerprint density at radius 1 is 1.44 bits per heavy atom. The van der Waals surface area contributed by atoms with Crippen LogP contribution in [-0.4, -0.2) is 36.7 Å². The zero-order valence-electron chi connectivity index (χ0n) is 9.64. The van der Waals surface area contributed by atoms with E-state index in [0.29, 0.717) is 0 Å². The molecule has 2 rings (SSSR count). The third-order valence-electron chi connectivity index (χ3n) is 2.47. The molecule has 5 heteroatoms. The van der Waals surface area contributed by atoms with Crippen LogP contribution in [0, 0.1) is 0 Å². The Balaban J connectivity index is 2.13. The van der Waals surface area contributed by atoms with E-state index in [1.807, 2.05) is 13.8 Å². The highest BCUT2D eigenvalue weighted by atomic mass is 16.8. The van der Waals surface area contributed by atoms with Gasteiger partial charge in [-0.25, -0.2) is 0 Å². The van der Waals surface area contributed by atoms with Crippen molar-refractivity contribution < 1.29 is 23.7 Å². The van der Waals surface area contributed by atoms with Crippen molar-refractivity contribution in [2.75, 3.05) is 6.61 Å². The van der Waals surface area contributed by atoms with E-state index in [2.05, 4.69) is 0 Å². The SMILES string of the molecule is CC(=O)O[C@@H]1COC=C[C@H]2OC(C)(C)O[C@@H]21. The van der Waals surface area contributed by atoms with Crippen molar-refractivity contribution in [3.05, 3.63) is 12.3 Å². The van der Waals surface area contributed by atoms with Crippen LogP contribution in [0.15, 0.2) is 12.3 Å². The van der Waals surface area contributed by atoms with Gasteiger partial charge in [-0.1, -0.05) is 0 Å². The fourth-order valence-corrected chi connectivity index (χ4v) is 1.95. The smallest absolute Gasteiger partial charge is 0.303 e. The van der Waals surface area contributed by atoms with Crippen LogP contribution < -0.4 is 0 Å². The molecule has 3 atom stereocenters. The molecule has 1 saturated heterocycles. The van der Waals surface area contributed by atoms with E-state index in [1.165, 1.54) is 6.92 Å². The van der Waals surface area contributed by atoms with Gasteiger partial charge in [-0.15, -0.1) is 0 Å². The first-order valence-corrected chi connectivity index (χ1v) is 5.29. The molecular weight excluding hydrogens is 212 g/mol. The van der Waals surface area contributed by atoms with E-state index in [1.54, 1.807) is 12.3 Å². The van der Waals surface area contributed by atoms with E-state index in [0.717, 1.165) is 0 Å².